The highest BCUT2D eigenvalue weighted by Crippen LogP contribution is 2.26. The van der Waals surface area contributed by atoms with Gasteiger partial charge >= 0.3 is 0 Å². The Morgan fingerprint density at radius 1 is 1.21 bits per heavy atom. The molecular weight excluding hydrogens is 354 g/mol. The molecule has 0 bridgehead atoms. The van der Waals surface area contributed by atoms with Crippen LogP contribution in [0.15, 0.2) is 36.4 Å². The topological polar surface area (TPSA) is 70.0 Å². The maximum Gasteiger partial charge on any atom is 0.249 e. The summed E-state index contributed by atoms with van der Waals surface area (Å²) in [5.74, 6) is -3.86. The van der Waals surface area contributed by atoms with E-state index < -0.39 is 23.4 Å². The van der Waals surface area contributed by atoms with Crippen molar-refractivity contribution in [3.05, 3.63) is 63.4 Å². The van der Waals surface area contributed by atoms with Gasteiger partial charge in [0.15, 0.2) is 11.7 Å². The maximum absolute atomic E-state index is 13.6. The number of anilines is 1. The molecule has 2 aromatic carbocycles. The quantitative estimate of drug-likeness (QED) is 0.645. The first kappa shape index (κ1) is 17.9. The highest BCUT2D eigenvalue weighted by Gasteiger charge is 2.28. The molecule has 122 valence electrons. The summed E-state index contributed by atoms with van der Waals surface area (Å²) in [6, 6.07) is 9.78. The standard InChI is InChI=1S/C17H11Cl2FN2O2/c1-9-2-3-10(6-14(9)20)16(23)12(8-21)17(24)22-15-5-4-11(18)7-13(15)19/h2-7,12H,1H3,(H,22,24). The monoisotopic (exact) mass is 364 g/mol. The largest absolute Gasteiger partial charge is 0.323 e. The van der Waals surface area contributed by atoms with E-state index >= 15 is 0 Å². The lowest BCUT2D eigenvalue weighted by Gasteiger charge is -2.11. The predicted molar refractivity (Wildman–Crippen MR) is 89.7 cm³/mol. The van der Waals surface area contributed by atoms with E-state index in [4.69, 9.17) is 28.5 Å². The van der Waals surface area contributed by atoms with Gasteiger partial charge in [-0.1, -0.05) is 35.3 Å². The third-order valence-corrected chi connectivity index (χ3v) is 3.85. The Kier molecular flexibility index (Phi) is 5.55. The number of amides is 1. The van der Waals surface area contributed by atoms with Crippen LogP contribution in [0.1, 0.15) is 15.9 Å². The normalized spacial score (nSPS) is 11.5. The first-order chi connectivity index (χ1) is 11.3. The van der Waals surface area contributed by atoms with E-state index in [-0.39, 0.29) is 16.3 Å². The number of aryl methyl sites for hydroxylation is 1. The molecule has 0 saturated heterocycles. The summed E-state index contributed by atoms with van der Waals surface area (Å²) < 4.78 is 13.6. The summed E-state index contributed by atoms with van der Waals surface area (Å²) in [7, 11) is 0. The number of ketones is 1. The van der Waals surface area contributed by atoms with Gasteiger partial charge in [0.2, 0.25) is 5.91 Å². The van der Waals surface area contributed by atoms with Gasteiger partial charge in [-0.2, -0.15) is 5.26 Å². The molecule has 4 nitrogen and oxygen atoms in total. The summed E-state index contributed by atoms with van der Waals surface area (Å²) in [6.45, 7) is 1.54. The summed E-state index contributed by atoms with van der Waals surface area (Å²) in [4.78, 5) is 24.5. The number of nitrogens with zero attached hydrogens (tertiary/aromatic N) is 1. The predicted octanol–water partition coefficient (Wildman–Crippen LogP) is 4.40. The Hall–Kier alpha value is -2.42. The highest BCUT2D eigenvalue weighted by atomic mass is 35.5. The molecule has 2 rings (SSSR count). The SMILES string of the molecule is Cc1ccc(C(=O)C(C#N)C(=O)Nc2ccc(Cl)cc2Cl)cc1F. The van der Waals surface area contributed by atoms with E-state index in [9.17, 15) is 14.0 Å². The number of nitriles is 1. The van der Waals surface area contributed by atoms with Gasteiger partial charge in [0.05, 0.1) is 16.8 Å². The van der Waals surface area contributed by atoms with E-state index in [1.165, 1.54) is 30.3 Å². The number of nitrogens with one attached hydrogen (secondary N) is 1. The minimum absolute atomic E-state index is 0.0537. The van der Waals surface area contributed by atoms with Gasteiger partial charge < -0.3 is 5.32 Å². The Labute approximate surface area is 147 Å². The molecule has 1 unspecified atom stereocenters. The zero-order valence-corrected chi connectivity index (χ0v) is 14.0. The summed E-state index contributed by atoms with van der Waals surface area (Å²) in [6.07, 6.45) is 0. The number of rotatable bonds is 4. The van der Waals surface area contributed by atoms with Crippen molar-refractivity contribution in [2.75, 3.05) is 5.32 Å². The van der Waals surface area contributed by atoms with Crippen LogP contribution in [0.25, 0.3) is 0 Å². The molecular formula is C17H11Cl2FN2O2. The lowest BCUT2D eigenvalue weighted by Crippen LogP contribution is -2.28. The van der Waals surface area contributed by atoms with Crippen LogP contribution in [-0.2, 0) is 4.79 Å². The van der Waals surface area contributed by atoms with Crippen molar-refractivity contribution in [3.8, 4) is 6.07 Å². The molecule has 0 fully saturated rings. The van der Waals surface area contributed by atoms with Crippen molar-refractivity contribution >= 4 is 40.6 Å². The molecule has 0 spiro atoms. The second-order valence-electron chi connectivity index (χ2n) is 5.00. The summed E-state index contributed by atoms with van der Waals surface area (Å²) in [5, 5.41) is 12.1. The Bertz CT molecular complexity index is 862. The minimum atomic E-state index is -1.63. The zero-order valence-electron chi connectivity index (χ0n) is 12.4. The molecule has 0 aromatic heterocycles. The molecule has 1 N–H and O–H groups in total. The first-order valence-corrected chi connectivity index (χ1v) is 7.55. The second-order valence-corrected chi connectivity index (χ2v) is 5.85. The zero-order chi connectivity index (χ0) is 17.9. The van der Waals surface area contributed by atoms with Gasteiger partial charge in [-0.05, 0) is 36.8 Å². The smallest absolute Gasteiger partial charge is 0.249 e. The Balaban J connectivity index is 2.23. The molecule has 1 amide bonds. The van der Waals surface area contributed by atoms with Crippen LogP contribution in [0.3, 0.4) is 0 Å². The van der Waals surface area contributed by atoms with Gasteiger partial charge in [0.25, 0.3) is 0 Å². The van der Waals surface area contributed by atoms with Gasteiger partial charge in [-0.25, -0.2) is 4.39 Å². The third kappa shape index (κ3) is 3.91. The van der Waals surface area contributed by atoms with Crippen molar-refractivity contribution in [1.82, 2.24) is 0 Å². The number of hydrogen-bond donors (Lipinski definition) is 1. The van der Waals surface area contributed by atoms with Crippen LogP contribution < -0.4 is 5.32 Å². The second kappa shape index (κ2) is 7.43. The van der Waals surface area contributed by atoms with Crippen LogP contribution in [0.5, 0.6) is 0 Å². The number of Topliss-reactive ketones (excluding diaryl/α,β-unsaturated/α-hetero) is 1. The van der Waals surface area contributed by atoms with Gasteiger partial charge in [-0.15, -0.1) is 0 Å². The Morgan fingerprint density at radius 3 is 2.50 bits per heavy atom. The average molecular weight is 365 g/mol. The van der Waals surface area contributed by atoms with Gasteiger partial charge in [0, 0.05) is 10.6 Å². The first-order valence-electron chi connectivity index (χ1n) is 6.79. The molecule has 0 saturated carbocycles. The van der Waals surface area contributed by atoms with Crippen molar-refractivity contribution in [2.45, 2.75) is 6.92 Å². The number of halogens is 3. The van der Waals surface area contributed by atoms with Crippen molar-refractivity contribution in [2.24, 2.45) is 5.92 Å². The fourth-order valence-electron chi connectivity index (χ4n) is 1.94. The molecule has 0 aliphatic rings. The van der Waals surface area contributed by atoms with Gasteiger partial charge in [-0.3, -0.25) is 9.59 Å². The third-order valence-electron chi connectivity index (χ3n) is 3.30. The molecule has 1 atom stereocenters. The lowest BCUT2D eigenvalue weighted by molar-refractivity contribution is -0.117. The molecule has 0 radical (unpaired) electrons. The molecule has 2 aromatic rings. The van der Waals surface area contributed by atoms with Crippen LogP contribution in [0.2, 0.25) is 10.0 Å². The van der Waals surface area contributed by atoms with Crippen molar-refractivity contribution < 1.29 is 14.0 Å². The van der Waals surface area contributed by atoms with Crippen LogP contribution in [0.4, 0.5) is 10.1 Å². The lowest BCUT2D eigenvalue weighted by atomic mass is 9.97. The number of benzene rings is 2. The molecule has 0 heterocycles. The fraction of sp³-hybridized carbons (Fsp3) is 0.118. The van der Waals surface area contributed by atoms with Crippen LogP contribution >= 0.6 is 23.2 Å². The van der Waals surface area contributed by atoms with E-state index in [1.54, 1.807) is 13.0 Å². The highest BCUT2D eigenvalue weighted by molar-refractivity contribution is 6.36. The minimum Gasteiger partial charge on any atom is -0.323 e. The number of carbonyl (C=O) groups is 2. The van der Waals surface area contributed by atoms with E-state index in [0.29, 0.717) is 10.6 Å². The molecule has 0 aliphatic carbocycles. The number of carbonyl (C=O) groups excluding carboxylic acids is 2. The van der Waals surface area contributed by atoms with E-state index in [1.807, 2.05) is 0 Å². The van der Waals surface area contributed by atoms with E-state index in [2.05, 4.69) is 5.32 Å². The maximum atomic E-state index is 13.6. The fourth-order valence-corrected chi connectivity index (χ4v) is 2.40. The number of hydrogen-bond acceptors (Lipinski definition) is 3. The van der Waals surface area contributed by atoms with Crippen LogP contribution in [-0.4, -0.2) is 11.7 Å². The summed E-state index contributed by atoms with van der Waals surface area (Å²) in [5.41, 5.74) is 0.522. The summed E-state index contributed by atoms with van der Waals surface area (Å²) >= 11 is 11.7. The van der Waals surface area contributed by atoms with E-state index in [0.717, 1.165) is 6.07 Å². The van der Waals surface area contributed by atoms with Crippen LogP contribution in [0, 0.1) is 30.0 Å². The Morgan fingerprint density at radius 2 is 1.92 bits per heavy atom. The molecule has 7 heteroatoms. The van der Waals surface area contributed by atoms with Gasteiger partial charge in [0.1, 0.15) is 5.82 Å². The molecule has 24 heavy (non-hydrogen) atoms. The average Bonchev–Trinajstić information content (AvgIpc) is 2.53. The molecule has 0 aliphatic heterocycles. The van der Waals surface area contributed by atoms with Crippen molar-refractivity contribution in [1.29, 1.82) is 5.26 Å². The van der Waals surface area contributed by atoms with Crippen molar-refractivity contribution in [3.63, 3.8) is 0 Å².